The average molecular weight is 419 g/mol. The molecule has 6 heteroatoms. The van der Waals surface area contributed by atoms with E-state index in [2.05, 4.69) is 10.3 Å². The van der Waals surface area contributed by atoms with Crippen molar-refractivity contribution in [2.24, 2.45) is 0 Å². The minimum atomic E-state index is -1.38. The van der Waals surface area contributed by atoms with Gasteiger partial charge in [0.05, 0.1) is 5.02 Å². The van der Waals surface area contributed by atoms with E-state index in [1.54, 1.807) is 30.5 Å². The Morgan fingerprint density at radius 1 is 1.34 bits per heavy atom. The number of nitrogens with zero attached hydrogens (tertiary/aromatic N) is 1. The Morgan fingerprint density at radius 2 is 2.10 bits per heavy atom. The molecule has 1 amide bonds. The molecule has 1 N–H and O–H groups in total. The second-order valence-electron chi connectivity index (χ2n) is 7.09. The lowest BCUT2D eigenvalue weighted by Gasteiger charge is -2.24. The van der Waals surface area contributed by atoms with Crippen LogP contribution in [0, 0.1) is 0 Å². The summed E-state index contributed by atoms with van der Waals surface area (Å²) in [5, 5.41) is 3.13. The monoisotopic (exact) mass is 418 g/mol. The maximum Gasteiger partial charge on any atom is 0.219 e. The van der Waals surface area contributed by atoms with E-state index in [-0.39, 0.29) is 11.9 Å². The van der Waals surface area contributed by atoms with Gasteiger partial charge < -0.3 is 10.1 Å². The number of hydrogen-bond acceptors (Lipinski definition) is 3. The largest absolute Gasteiger partial charge is 0.437 e. The molecule has 0 fully saturated rings. The number of rotatable bonds is 9. The van der Waals surface area contributed by atoms with E-state index >= 15 is 4.39 Å². The fourth-order valence-corrected chi connectivity index (χ4v) is 3.29. The fraction of sp³-hybridized carbons (Fsp3) is 0.391. The highest BCUT2D eigenvalue weighted by Gasteiger charge is 2.29. The summed E-state index contributed by atoms with van der Waals surface area (Å²) < 4.78 is 20.9. The lowest BCUT2D eigenvalue weighted by atomic mass is 9.89. The Hall–Kier alpha value is -2.40. The Bertz CT molecular complexity index is 854. The zero-order chi connectivity index (χ0) is 21.4. The van der Waals surface area contributed by atoms with Crippen LogP contribution in [0.5, 0.6) is 11.6 Å². The van der Waals surface area contributed by atoms with Crippen LogP contribution in [-0.2, 0) is 10.5 Å². The van der Waals surface area contributed by atoms with E-state index in [9.17, 15) is 4.79 Å². The molecule has 2 atom stereocenters. The van der Waals surface area contributed by atoms with Gasteiger partial charge in [0.2, 0.25) is 11.8 Å². The molecule has 0 aliphatic rings. The Morgan fingerprint density at radius 3 is 2.66 bits per heavy atom. The number of carbonyl (C=O) groups is 1. The van der Waals surface area contributed by atoms with Gasteiger partial charge in [-0.2, -0.15) is 0 Å². The molecule has 0 aliphatic heterocycles. The highest BCUT2D eigenvalue weighted by molar-refractivity contribution is 6.32. The molecule has 1 aromatic carbocycles. The third-order valence-electron chi connectivity index (χ3n) is 4.64. The summed E-state index contributed by atoms with van der Waals surface area (Å²) in [4.78, 5) is 15.3. The van der Waals surface area contributed by atoms with Crippen LogP contribution < -0.4 is 10.1 Å². The van der Waals surface area contributed by atoms with Gasteiger partial charge >= 0.3 is 0 Å². The summed E-state index contributed by atoms with van der Waals surface area (Å²) >= 11 is 6.33. The highest BCUT2D eigenvalue weighted by Crippen LogP contribution is 2.38. The molecule has 0 bridgehead atoms. The molecule has 0 radical (unpaired) electrons. The number of nitrogens with one attached hydrogen (secondary N) is 1. The van der Waals surface area contributed by atoms with Crippen LogP contribution in [0.4, 0.5) is 4.39 Å². The van der Waals surface area contributed by atoms with Crippen molar-refractivity contribution in [1.29, 1.82) is 0 Å². The summed E-state index contributed by atoms with van der Waals surface area (Å²) in [7, 11) is 0. The Labute approximate surface area is 177 Å². The van der Waals surface area contributed by atoms with E-state index in [1.807, 2.05) is 39.0 Å². The first-order valence-electron chi connectivity index (χ1n) is 9.85. The molecule has 2 aromatic rings. The predicted molar refractivity (Wildman–Crippen MR) is 116 cm³/mol. The van der Waals surface area contributed by atoms with Gasteiger partial charge in [-0.05, 0) is 49.1 Å². The molecular formula is C23H28ClFN2O2. The van der Waals surface area contributed by atoms with E-state index < -0.39 is 5.67 Å². The topological polar surface area (TPSA) is 51.2 Å². The smallest absolute Gasteiger partial charge is 0.219 e. The molecular weight excluding hydrogens is 391 g/mol. The lowest BCUT2D eigenvalue weighted by Crippen LogP contribution is -2.28. The lowest BCUT2D eigenvalue weighted by molar-refractivity contribution is -0.119. The van der Waals surface area contributed by atoms with E-state index in [0.717, 1.165) is 12.0 Å². The van der Waals surface area contributed by atoms with Crippen molar-refractivity contribution in [3.05, 3.63) is 58.8 Å². The second kappa shape index (κ2) is 10.4. The SMILES string of the molecule is CCCC(F)(CC)c1ccc(Oc2ccc(/C=C/[C@H](C)NC(C)=O)cn2)c(Cl)c1. The number of hydrogen-bond donors (Lipinski definition) is 1. The molecule has 29 heavy (non-hydrogen) atoms. The van der Waals surface area contributed by atoms with Crippen LogP contribution in [0.15, 0.2) is 42.6 Å². The molecule has 1 unspecified atom stereocenters. The first-order valence-corrected chi connectivity index (χ1v) is 10.2. The van der Waals surface area contributed by atoms with Crippen LogP contribution in [0.1, 0.15) is 58.1 Å². The summed E-state index contributed by atoms with van der Waals surface area (Å²) in [6.07, 6.45) is 7.03. The standard InChI is InChI=1S/C23H28ClFN2O2/c1-5-13-23(25,6-2)19-10-11-21(20(24)14-19)29-22-12-9-18(15-26-22)8-7-16(3)27-17(4)28/h7-12,14-16H,5-6,13H2,1-4H3,(H,27,28)/b8-7+/t16-,23?/m0/s1. The van der Waals surface area contributed by atoms with Gasteiger partial charge in [0, 0.05) is 25.2 Å². The highest BCUT2D eigenvalue weighted by atomic mass is 35.5. The predicted octanol–water partition coefficient (Wildman–Crippen LogP) is 6.44. The second-order valence-corrected chi connectivity index (χ2v) is 7.50. The van der Waals surface area contributed by atoms with Crippen molar-refractivity contribution >= 4 is 23.6 Å². The zero-order valence-electron chi connectivity index (χ0n) is 17.3. The molecule has 1 heterocycles. The van der Waals surface area contributed by atoms with Gasteiger partial charge in [-0.25, -0.2) is 9.37 Å². The third-order valence-corrected chi connectivity index (χ3v) is 4.93. The number of alkyl halides is 1. The van der Waals surface area contributed by atoms with Crippen LogP contribution in [0.2, 0.25) is 5.02 Å². The molecule has 0 spiro atoms. The van der Waals surface area contributed by atoms with Gasteiger partial charge in [-0.3, -0.25) is 4.79 Å². The number of halogens is 2. The summed E-state index contributed by atoms with van der Waals surface area (Å²) in [5.41, 5.74) is 0.0685. The normalized spacial score (nSPS) is 14.4. The van der Waals surface area contributed by atoms with Gasteiger partial charge in [0.25, 0.3) is 0 Å². The van der Waals surface area contributed by atoms with Crippen molar-refractivity contribution in [3.8, 4) is 11.6 Å². The summed E-state index contributed by atoms with van der Waals surface area (Å²) in [5.74, 6) is 0.744. The van der Waals surface area contributed by atoms with Gasteiger partial charge in [0.1, 0.15) is 11.4 Å². The van der Waals surface area contributed by atoms with Gasteiger partial charge in [0.15, 0.2) is 0 Å². The molecule has 0 aliphatic carbocycles. The van der Waals surface area contributed by atoms with E-state index in [1.165, 1.54) is 6.92 Å². The number of ether oxygens (including phenoxy) is 1. The summed E-state index contributed by atoms with van der Waals surface area (Å²) in [6, 6.07) is 8.56. The van der Waals surface area contributed by atoms with Gasteiger partial charge in [-0.1, -0.05) is 50.1 Å². The van der Waals surface area contributed by atoms with Crippen molar-refractivity contribution in [3.63, 3.8) is 0 Å². The molecule has 156 valence electrons. The zero-order valence-corrected chi connectivity index (χ0v) is 18.1. The Kier molecular flexibility index (Phi) is 8.21. The van der Waals surface area contributed by atoms with E-state index in [4.69, 9.17) is 16.3 Å². The molecule has 0 saturated heterocycles. The van der Waals surface area contributed by atoms with Crippen molar-refractivity contribution in [1.82, 2.24) is 10.3 Å². The van der Waals surface area contributed by atoms with Crippen LogP contribution in [-0.4, -0.2) is 16.9 Å². The minimum absolute atomic E-state index is 0.0702. The molecule has 2 rings (SSSR count). The number of pyridine rings is 1. The van der Waals surface area contributed by atoms with Crippen LogP contribution in [0.25, 0.3) is 6.08 Å². The van der Waals surface area contributed by atoms with Crippen molar-refractivity contribution in [2.75, 3.05) is 0 Å². The number of aromatic nitrogens is 1. The molecule has 4 nitrogen and oxygen atoms in total. The summed E-state index contributed by atoms with van der Waals surface area (Å²) in [6.45, 7) is 7.17. The Balaban J connectivity index is 2.08. The van der Waals surface area contributed by atoms with Crippen LogP contribution >= 0.6 is 11.6 Å². The van der Waals surface area contributed by atoms with E-state index in [0.29, 0.717) is 35.1 Å². The van der Waals surface area contributed by atoms with Crippen molar-refractivity contribution in [2.45, 2.75) is 58.7 Å². The minimum Gasteiger partial charge on any atom is -0.437 e. The maximum atomic E-state index is 15.1. The first kappa shape index (κ1) is 22.9. The number of carbonyl (C=O) groups excluding carboxylic acids is 1. The van der Waals surface area contributed by atoms with Gasteiger partial charge in [-0.15, -0.1) is 0 Å². The van der Waals surface area contributed by atoms with Crippen LogP contribution in [0.3, 0.4) is 0 Å². The third kappa shape index (κ3) is 6.57. The maximum absolute atomic E-state index is 15.1. The quantitative estimate of drug-likeness (QED) is 0.509. The first-order chi connectivity index (χ1) is 13.8. The average Bonchev–Trinajstić information content (AvgIpc) is 2.68. The molecule has 1 aromatic heterocycles. The number of amides is 1. The molecule has 0 saturated carbocycles. The number of benzene rings is 1. The fourth-order valence-electron chi connectivity index (χ4n) is 3.07. The van der Waals surface area contributed by atoms with Crippen molar-refractivity contribution < 1.29 is 13.9 Å².